The summed E-state index contributed by atoms with van der Waals surface area (Å²) in [5, 5.41) is 2.68. The van der Waals surface area contributed by atoms with Gasteiger partial charge >= 0.3 is 6.09 Å². The van der Waals surface area contributed by atoms with Gasteiger partial charge in [-0.15, -0.1) is 0 Å². The summed E-state index contributed by atoms with van der Waals surface area (Å²) in [5.74, 6) is -0.108. The summed E-state index contributed by atoms with van der Waals surface area (Å²) in [6.07, 6.45) is 0.302. The number of halogens is 1. The molecule has 2 heterocycles. The summed E-state index contributed by atoms with van der Waals surface area (Å²) in [5.41, 5.74) is -0.584. The summed E-state index contributed by atoms with van der Waals surface area (Å²) in [6.45, 7) is 8.70. The topological polar surface area (TPSA) is 56.8 Å². The highest BCUT2D eigenvalue weighted by molar-refractivity contribution is 5.67. The number of carbonyl (C=O) groups excluding carboxylic acids is 1. The van der Waals surface area contributed by atoms with E-state index in [1.54, 1.807) is 18.2 Å². The molecule has 0 unspecified atom stereocenters. The lowest BCUT2D eigenvalue weighted by atomic mass is 9.73. The standard InChI is InChI=1S/C20H28FNO4/c1-5-22-18(23)25-17-10-19(4)16(11-20(17,26-19)13(2)3)24-12-14-8-6-7-9-15(14)21/h6-9,13,16-17H,5,10-12H2,1-4H3,(H,22,23)/t16-,17+,19+,20-/m1/s1. The number of alkyl carbamates (subject to hydrolysis) is 1. The molecule has 0 aromatic heterocycles. The number of nitrogens with one attached hydrogen (secondary N) is 1. The number of hydrogen-bond acceptors (Lipinski definition) is 4. The second-order valence-electron chi connectivity index (χ2n) is 7.75. The summed E-state index contributed by atoms with van der Waals surface area (Å²) < 4.78 is 32.0. The summed E-state index contributed by atoms with van der Waals surface area (Å²) in [4.78, 5) is 11.9. The Morgan fingerprint density at radius 2 is 2.08 bits per heavy atom. The highest BCUT2D eigenvalue weighted by Gasteiger charge is 2.67. The Hall–Kier alpha value is -1.66. The van der Waals surface area contributed by atoms with Crippen molar-refractivity contribution >= 4 is 6.09 Å². The molecule has 2 aliphatic heterocycles. The fourth-order valence-electron chi connectivity index (χ4n) is 4.18. The predicted octanol–water partition coefficient (Wildman–Crippen LogP) is 3.80. The van der Waals surface area contributed by atoms with Crippen LogP contribution >= 0.6 is 0 Å². The molecular formula is C20H28FNO4. The molecule has 144 valence electrons. The molecule has 2 bridgehead atoms. The average Bonchev–Trinajstić information content (AvgIpc) is 3.03. The lowest BCUT2D eigenvalue weighted by Gasteiger charge is -2.37. The number of amides is 1. The molecule has 26 heavy (non-hydrogen) atoms. The molecule has 0 radical (unpaired) electrons. The van der Waals surface area contributed by atoms with Crippen LogP contribution in [-0.4, -0.2) is 36.0 Å². The van der Waals surface area contributed by atoms with Crippen LogP contribution in [0.3, 0.4) is 0 Å². The van der Waals surface area contributed by atoms with Crippen LogP contribution in [0.2, 0.25) is 0 Å². The van der Waals surface area contributed by atoms with Crippen molar-refractivity contribution in [3.63, 3.8) is 0 Å². The number of benzene rings is 1. The molecule has 0 aliphatic carbocycles. The van der Waals surface area contributed by atoms with Gasteiger partial charge in [0.2, 0.25) is 0 Å². The van der Waals surface area contributed by atoms with Gasteiger partial charge in [-0.25, -0.2) is 9.18 Å². The van der Waals surface area contributed by atoms with Gasteiger partial charge in [0.15, 0.2) is 0 Å². The van der Waals surface area contributed by atoms with E-state index in [1.807, 2.05) is 13.8 Å². The Morgan fingerprint density at radius 1 is 1.35 bits per heavy atom. The molecule has 2 aliphatic rings. The number of carbonyl (C=O) groups is 1. The highest BCUT2D eigenvalue weighted by Crippen LogP contribution is 2.56. The van der Waals surface area contributed by atoms with Crippen LogP contribution in [0.5, 0.6) is 0 Å². The number of hydrogen-bond donors (Lipinski definition) is 1. The first-order valence-electron chi connectivity index (χ1n) is 9.30. The monoisotopic (exact) mass is 365 g/mol. The first-order valence-corrected chi connectivity index (χ1v) is 9.30. The fraction of sp³-hybridized carbons (Fsp3) is 0.650. The van der Waals surface area contributed by atoms with Crippen molar-refractivity contribution in [1.29, 1.82) is 0 Å². The molecule has 6 heteroatoms. The van der Waals surface area contributed by atoms with Gasteiger partial charge in [-0.3, -0.25) is 0 Å². The lowest BCUT2D eigenvalue weighted by Crippen LogP contribution is -2.50. The van der Waals surface area contributed by atoms with Crippen LogP contribution < -0.4 is 5.32 Å². The molecule has 1 aromatic rings. The third-order valence-corrected chi connectivity index (χ3v) is 5.69. The van der Waals surface area contributed by atoms with Crippen LogP contribution in [-0.2, 0) is 20.8 Å². The van der Waals surface area contributed by atoms with Gasteiger partial charge in [-0.2, -0.15) is 0 Å². The van der Waals surface area contributed by atoms with Crippen molar-refractivity contribution in [2.45, 2.75) is 70.6 Å². The van der Waals surface area contributed by atoms with E-state index >= 15 is 0 Å². The Kier molecular flexibility index (Phi) is 5.26. The zero-order valence-corrected chi connectivity index (χ0v) is 15.9. The van der Waals surface area contributed by atoms with Gasteiger partial charge in [-0.1, -0.05) is 32.0 Å². The summed E-state index contributed by atoms with van der Waals surface area (Å²) in [6, 6.07) is 6.62. The minimum Gasteiger partial charge on any atom is -0.443 e. The van der Waals surface area contributed by atoms with Gasteiger partial charge in [0, 0.05) is 24.9 Å². The minimum absolute atomic E-state index is 0.158. The molecule has 1 N–H and O–H groups in total. The molecule has 3 rings (SSSR count). The van der Waals surface area contributed by atoms with E-state index in [9.17, 15) is 9.18 Å². The zero-order valence-electron chi connectivity index (χ0n) is 15.9. The summed E-state index contributed by atoms with van der Waals surface area (Å²) in [7, 11) is 0. The Balaban J connectivity index is 1.71. The Labute approximate surface area is 154 Å². The van der Waals surface area contributed by atoms with Crippen LogP contribution in [0.1, 0.15) is 46.1 Å². The van der Waals surface area contributed by atoms with E-state index in [4.69, 9.17) is 14.2 Å². The molecule has 5 nitrogen and oxygen atoms in total. The molecule has 0 spiro atoms. The predicted molar refractivity (Wildman–Crippen MR) is 95.2 cm³/mol. The van der Waals surface area contributed by atoms with Crippen LogP contribution in [0.4, 0.5) is 9.18 Å². The van der Waals surface area contributed by atoms with E-state index in [1.165, 1.54) is 6.07 Å². The van der Waals surface area contributed by atoms with Crippen LogP contribution in [0.15, 0.2) is 24.3 Å². The second-order valence-corrected chi connectivity index (χ2v) is 7.75. The van der Waals surface area contributed by atoms with E-state index in [0.29, 0.717) is 24.9 Å². The lowest BCUT2D eigenvalue weighted by molar-refractivity contribution is -0.108. The Morgan fingerprint density at radius 3 is 2.73 bits per heavy atom. The van der Waals surface area contributed by atoms with E-state index < -0.39 is 17.3 Å². The van der Waals surface area contributed by atoms with Gasteiger partial charge in [0.1, 0.15) is 17.5 Å². The Bertz CT molecular complexity index is 667. The normalized spacial score (nSPS) is 32.8. The van der Waals surface area contributed by atoms with Gasteiger partial charge < -0.3 is 19.5 Å². The third-order valence-electron chi connectivity index (χ3n) is 5.69. The van der Waals surface area contributed by atoms with Crippen molar-refractivity contribution in [2.24, 2.45) is 5.92 Å². The molecule has 2 saturated heterocycles. The smallest absolute Gasteiger partial charge is 0.407 e. The van der Waals surface area contributed by atoms with Crippen molar-refractivity contribution in [3.8, 4) is 0 Å². The van der Waals surface area contributed by atoms with Crippen molar-refractivity contribution in [3.05, 3.63) is 35.6 Å². The largest absolute Gasteiger partial charge is 0.443 e. The number of ether oxygens (including phenoxy) is 3. The molecule has 0 saturated carbocycles. The average molecular weight is 365 g/mol. The van der Waals surface area contributed by atoms with Crippen LogP contribution in [0.25, 0.3) is 0 Å². The molecule has 4 atom stereocenters. The van der Waals surface area contributed by atoms with Gasteiger partial charge in [0.25, 0.3) is 0 Å². The van der Waals surface area contributed by atoms with Gasteiger partial charge in [0.05, 0.1) is 18.3 Å². The first-order chi connectivity index (χ1) is 12.3. The first kappa shape index (κ1) is 19.1. The maximum absolute atomic E-state index is 13.9. The van der Waals surface area contributed by atoms with Gasteiger partial charge in [-0.05, 0) is 25.8 Å². The maximum atomic E-state index is 13.9. The van der Waals surface area contributed by atoms with Crippen molar-refractivity contribution in [2.75, 3.05) is 6.54 Å². The SMILES string of the molecule is CCNC(=O)O[C@H]1C[C@]2(C)O[C@@]1(C(C)C)C[C@H]2OCc1ccccc1F. The molecule has 1 aromatic carbocycles. The molecule has 1 amide bonds. The van der Waals surface area contributed by atoms with Crippen molar-refractivity contribution in [1.82, 2.24) is 5.32 Å². The number of fused-ring (bicyclic) bond motifs is 2. The van der Waals surface area contributed by atoms with E-state index in [-0.39, 0.29) is 30.5 Å². The molecule has 2 fully saturated rings. The third kappa shape index (κ3) is 3.32. The highest BCUT2D eigenvalue weighted by atomic mass is 19.1. The zero-order chi connectivity index (χ0) is 18.9. The summed E-state index contributed by atoms with van der Waals surface area (Å²) >= 11 is 0. The van der Waals surface area contributed by atoms with E-state index in [0.717, 1.165) is 0 Å². The maximum Gasteiger partial charge on any atom is 0.407 e. The molecular weight excluding hydrogens is 337 g/mol. The second kappa shape index (κ2) is 7.16. The van der Waals surface area contributed by atoms with Crippen molar-refractivity contribution < 1.29 is 23.4 Å². The quantitative estimate of drug-likeness (QED) is 0.833. The number of rotatable bonds is 6. The fourth-order valence-corrected chi connectivity index (χ4v) is 4.18. The van der Waals surface area contributed by atoms with Crippen LogP contribution in [0, 0.1) is 11.7 Å². The van der Waals surface area contributed by atoms with E-state index in [2.05, 4.69) is 19.2 Å². The minimum atomic E-state index is -0.570.